The zero-order chi connectivity index (χ0) is 12.2. The van der Waals surface area contributed by atoms with Crippen molar-refractivity contribution in [3.8, 4) is 5.75 Å². The monoisotopic (exact) mass is 231 g/mol. The minimum atomic E-state index is 0.161. The molecule has 1 atom stereocenters. The van der Waals surface area contributed by atoms with Crippen LogP contribution in [0.5, 0.6) is 5.75 Å². The fourth-order valence-corrected chi connectivity index (χ4v) is 2.55. The van der Waals surface area contributed by atoms with E-state index in [4.69, 9.17) is 9.15 Å². The van der Waals surface area contributed by atoms with Crippen molar-refractivity contribution in [2.45, 2.75) is 26.2 Å². The van der Waals surface area contributed by atoms with Crippen LogP contribution in [0.25, 0.3) is 11.1 Å². The minimum absolute atomic E-state index is 0.161. The Morgan fingerprint density at radius 2 is 2.29 bits per heavy atom. The zero-order valence-corrected chi connectivity index (χ0v) is 10.0. The lowest BCUT2D eigenvalue weighted by molar-refractivity contribution is 0.0990. The highest BCUT2D eigenvalue weighted by Gasteiger charge is 2.31. The van der Waals surface area contributed by atoms with E-state index in [9.17, 15) is 4.79 Å². The number of ether oxygens (including phenoxy) is 1. The average molecular weight is 231 g/mol. The zero-order valence-electron chi connectivity index (χ0n) is 10.0. The van der Waals surface area contributed by atoms with Gasteiger partial charge in [-0.3, -0.25) is 4.79 Å². The van der Waals surface area contributed by atoms with Gasteiger partial charge in [0.1, 0.15) is 5.52 Å². The fraction of sp³-hybridized carbons (Fsp3) is 0.385. The number of oxazole rings is 1. The Labute approximate surface area is 98.6 Å². The third kappa shape index (κ3) is 1.30. The molecule has 0 bridgehead atoms. The van der Waals surface area contributed by atoms with Crippen molar-refractivity contribution in [1.82, 2.24) is 4.98 Å². The highest BCUT2D eigenvalue weighted by atomic mass is 16.5. The first-order chi connectivity index (χ1) is 8.11. The molecule has 17 heavy (non-hydrogen) atoms. The summed E-state index contributed by atoms with van der Waals surface area (Å²) in [6, 6.07) is 1.77. The van der Waals surface area contributed by atoms with Crippen LogP contribution in [0.1, 0.15) is 41.1 Å². The van der Waals surface area contributed by atoms with E-state index >= 15 is 0 Å². The van der Waals surface area contributed by atoms with Gasteiger partial charge in [-0.1, -0.05) is 6.92 Å². The van der Waals surface area contributed by atoms with E-state index in [2.05, 4.69) is 4.98 Å². The fourth-order valence-electron chi connectivity index (χ4n) is 2.55. The van der Waals surface area contributed by atoms with Crippen molar-refractivity contribution in [3.05, 3.63) is 23.1 Å². The van der Waals surface area contributed by atoms with Gasteiger partial charge in [-0.2, -0.15) is 0 Å². The van der Waals surface area contributed by atoms with E-state index in [0.29, 0.717) is 23.6 Å². The molecule has 1 heterocycles. The van der Waals surface area contributed by atoms with Crippen LogP contribution in [0, 0.1) is 6.92 Å². The number of rotatable bonds is 1. The third-order valence-electron chi connectivity index (χ3n) is 3.28. The Morgan fingerprint density at radius 3 is 3.00 bits per heavy atom. The molecule has 0 amide bonds. The summed E-state index contributed by atoms with van der Waals surface area (Å²) in [6.45, 7) is 3.84. The van der Waals surface area contributed by atoms with E-state index in [1.165, 1.54) is 0 Å². The summed E-state index contributed by atoms with van der Waals surface area (Å²) in [5, 5.41) is 0. The van der Waals surface area contributed by atoms with Crippen LogP contribution in [0.4, 0.5) is 0 Å². The van der Waals surface area contributed by atoms with Gasteiger partial charge in [0.05, 0.1) is 7.11 Å². The molecule has 0 saturated carbocycles. The second kappa shape index (κ2) is 3.32. The molecule has 3 rings (SSSR count). The van der Waals surface area contributed by atoms with Gasteiger partial charge in [0.15, 0.2) is 23.0 Å². The number of benzene rings is 1. The maximum atomic E-state index is 11.9. The number of hydrogen-bond donors (Lipinski definition) is 0. The Balaban J connectivity index is 2.44. The molecule has 0 radical (unpaired) electrons. The first-order valence-electron chi connectivity index (χ1n) is 5.63. The summed E-state index contributed by atoms with van der Waals surface area (Å²) < 4.78 is 10.8. The predicted molar refractivity (Wildman–Crippen MR) is 62.7 cm³/mol. The standard InChI is InChI=1S/C13H13NO3/c1-6-4-9(15)8-5-10(16-3)13-12(11(6)8)14-7(2)17-13/h5-6H,4H2,1-3H3. The Morgan fingerprint density at radius 1 is 1.53 bits per heavy atom. The number of nitrogens with zero attached hydrogens (tertiary/aromatic N) is 1. The van der Waals surface area contributed by atoms with Gasteiger partial charge >= 0.3 is 0 Å². The number of aromatic nitrogens is 1. The molecule has 2 aromatic rings. The van der Waals surface area contributed by atoms with Gasteiger partial charge < -0.3 is 9.15 Å². The number of fused-ring (bicyclic) bond motifs is 3. The summed E-state index contributed by atoms with van der Waals surface area (Å²) >= 11 is 0. The molecule has 1 aliphatic carbocycles. The number of hydrogen-bond acceptors (Lipinski definition) is 4. The van der Waals surface area contributed by atoms with Gasteiger partial charge in [0, 0.05) is 18.9 Å². The Kier molecular flexibility index (Phi) is 2.02. The quantitative estimate of drug-likeness (QED) is 0.757. The third-order valence-corrected chi connectivity index (χ3v) is 3.28. The number of Topliss-reactive ketones (excluding diaryl/α,β-unsaturated/α-hetero) is 1. The molecule has 1 aliphatic rings. The molecule has 0 spiro atoms. The van der Waals surface area contributed by atoms with Crippen LogP contribution in [-0.4, -0.2) is 17.9 Å². The highest BCUT2D eigenvalue weighted by molar-refractivity contribution is 6.06. The summed E-state index contributed by atoms with van der Waals surface area (Å²) in [6.07, 6.45) is 0.545. The molecule has 1 aromatic carbocycles. The SMILES string of the molecule is COc1cc2c(c3nc(C)oc13)C(C)CC2=O. The van der Waals surface area contributed by atoms with Crippen molar-refractivity contribution in [3.63, 3.8) is 0 Å². The molecular weight excluding hydrogens is 218 g/mol. The van der Waals surface area contributed by atoms with Crippen LogP contribution >= 0.6 is 0 Å². The van der Waals surface area contributed by atoms with Crippen LogP contribution < -0.4 is 4.74 Å². The van der Waals surface area contributed by atoms with Crippen LogP contribution in [0.2, 0.25) is 0 Å². The van der Waals surface area contributed by atoms with Crippen molar-refractivity contribution < 1.29 is 13.9 Å². The summed E-state index contributed by atoms with van der Waals surface area (Å²) in [5.74, 6) is 1.55. The summed E-state index contributed by atoms with van der Waals surface area (Å²) in [7, 11) is 1.57. The van der Waals surface area contributed by atoms with Crippen LogP contribution in [0.3, 0.4) is 0 Å². The van der Waals surface area contributed by atoms with Gasteiger partial charge in [0.2, 0.25) is 0 Å². The average Bonchev–Trinajstić information content (AvgIpc) is 2.78. The lowest BCUT2D eigenvalue weighted by atomic mass is 10.0. The minimum Gasteiger partial charge on any atom is -0.493 e. The number of ketones is 1. The normalized spacial score (nSPS) is 18.8. The van der Waals surface area contributed by atoms with Crippen molar-refractivity contribution in [2.24, 2.45) is 0 Å². The van der Waals surface area contributed by atoms with Gasteiger partial charge in [-0.05, 0) is 17.5 Å². The molecule has 0 N–H and O–H groups in total. The van der Waals surface area contributed by atoms with E-state index in [1.54, 1.807) is 20.1 Å². The lowest BCUT2D eigenvalue weighted by Gasteiger charge is -2.06. The molecule has 4 heteroatoms. The smallest absolute Gasteiger partial charge is 0.196 e. The largest absolute Gasteiger partial charge is 0.493 e. The molecule has 0 fully saturated rings. The summed E-state index contributed by atoms with van der Waals surface area (Å²) in [5.41, 5.74) is 3.15. The first-order valence-corrected chi connectivity index (χ1v) is 5.63. The van der Waals surface area contributed by atoms with Gasteiger partial charge in [-0.15, -0.1) is 0 Å². The molecule has 4 nitrogen and oxygen atoms in total. The van der Waals surface area contributed by atoms with Crippen LogP contribution in [-0.2, 0) is 0 Å². The van der Waals surface area contributed by atoms with Gasteiger partial charge in [-0.25, -0.2) is 4.98 Å². The molecular formula is C13H13NO3. The van der Waals surface area contributed by atoms with E-state index in [1.807, 2.05) is 6.92 Å². The van der Waals surface area contributed by atoms with E-state index in [0.717, 1.165) is 16.6 Å². The van der Waals surface area contributed by atoms with E-state index < -0.39 is 0 Å². The lowest BCUT2D eigenvalue weighted by Crippen LogP contribution is -1.94. The first kappa shape index (κ1) is 10.3. The number of methoxy groups -OCH3 is 1. The maximum absolute atomic E-state index is 11.9. The number of carbonyl (C=O) groups is 1. The van der Waals surface area contributed by atoms with Crippen molar-refractivity contribution in [1.29, 1.82) is 0 Å². The second-order valence-electron chi connectivity index (χ2n) is 4.48. The molecule has 88 valence electrons. The van der Waals surface area contributed by atoms with Crippen molar-refractivity contribution >= 4 is 16.9 Å². The topological polar surface area (TPSA) is 52.3 Å². The molecule has 1 aromatic heterocycles. The molecule has 0 saturated heterocycles. The van der Waals surface area contributed by atoms with Gasteiger partial charge in [0.25, 0.3) is 0 Å². The second-order valence-corrected chi connectivity index (χ2v) is 4.48. The van der Waals surface area contributed by atoms with Crippen molar-refractivity contribution in [2.75, 3.05) is 7.11 Å². The van der Waals surface area contributed by atoms with Crippen LogP contribution in [0.15, 0.2) is 10.5 Å². The maximum Gasteiger partial charge on any atom is 0.196 e. The Hall–Kier alpha value is -1.84. The number of aryl methyl sites for hydroxylation is 1. The predicted octanol–water partition coefficient (Wildman–Crippen LogP) is 2.83. The molecule has 1 unspecified atom stereocenters. The summed E-state index contributed by atoms with van der Waals surface area (Å²) in [4.78, 5) is 16.3. The van der Waals surface area contributed by atoms with E-state index in [-0.39, 0.29) is 11.7 Å². The molecule has 0 aliphatic heterocycles. The Bertz CT molecular complexity index is 627. The highest BCUT2D eigenvalue weighted by Crippen LogP contribution is 2.41. The number of carbonyl (C=O) groups excluding carboxylic acids is 1.